The van der Waals surface area contributed by atoms with Gasteiger partial charge in [0.15, 0.2) is 0 Å². The minimum absolute atomic E-state index is 0.281. The Hall–Kier alpha value is -2.12. The zero-order chi connectivity index (χ0) is 22.2. The lowest BCUT2D eigenvalue weighted by Crippen LogP contribution is -2.52. The molecule has 0 aliphatic rings. The lowest BCUT2D eigenvalue weighted by molar-refractivity contribution is -0.158. The number of ether oxygens (including phenoxy) is 3. The van der Waals surface area contributed by atoms with E-state index in [2.05, 4.69) is 5.32 Å². The Morgan fingerprint density at radius 3 is 2.07 bits per heavy atom. The van der Waals surface area contributed by atoms with Gasteiger partial charge in [-0.3, -0.25) is 4.79 Å². The molecular weight excluding hydrogens is 374 g/mol. The number of hydrogen-bond acceptors (Lipinski definition) is 6. The van der Waals surface area contributed by atoms with Gasteiger partial charge in [-0.15, -0.1) is 0 Å². The zero-order valence-electron chi connectivity index (χ0n) is 18.5. The quantitative estimate of drug-likeness (QED) is 0.638. The van der Waals surface area contributed by atoms with Crippen molar-refractivity contribution in [3.63, 3.8) is 0 Å². The Bertz CT molecular complexity index is 648. The van der Waals surface area contributed by atoms with Gasteiger partial charge >= 0.3 is 12.1 Å². The number of aliphatic hydroxyl groups is 1. The first kappa shape index (κ1) is 24.9. The smallest absolute Gasteiger partial charge is 0.408 e. The molecule has 1 aromatic rings. The van der Waals surface area contributed by atoms with E-state index < -0.39 is 41.5 Å². The Morgan fingerprint density at radius 1 is 1.00 bits per heavy atom. The summed E-state index contributed by atoms with van der Waals surface area (Å²) in [4.78, 5) is 24.4. The Balaban J connectivity index is 2.82. The summed E-state index contributed by atoms with van der Waals surface area (Å²) in [6, 6.07) is 8.68. The van der Waals surface area contributed by atoms with Gasteiger partial charge in [0.2, 0.25) is 0 Å². The highest BCUT2D eigenvalue weighted by Crippen LogP contribution is 2.15. The minimum Gasteiger partial charge on any atom is -0.460 e. The molecule has 0 radical (unpaired) electrons. The fourth-order valence-electron chi connectivity index (χ4n) is 2.56. The van der Waals surface area contributed by atoms with Crippen molar-refractivity contribution in [1.82, 2.24) is 5.32 Å². The predicted molar refractivity (Wildman–Crippen MR) is 110 cm³/mol. The van der Waals surface area contributed by atoms with Crippen LogP contribution in [0, 0.1) is 0 Å². The van der Waals surface area contributed by atoms with Crippen molar-refractivity contribution >= 4 is 12.1 Å². The van der Waals surface area contributed by atoms with Crippen molar-refractivity contribution in [2.24, 2.45) is 0 Å². The summed E-state index contributed by atoms with van der Waals surface area (Å²) in [6.07, 6.45) is -2.76. The number of rotatable bonds is 8. The van der Waals surface area contributed by atoms with Crippen LogP contribution in [0.25, 0.3) is 0 Å². The molecule has 0 fully saturated rings. The number of aliphatic hydroxyl groups excluding tert-OH is 1. The van der Waals surface area contributed by atoms with Gasteiger partial charge in [-0.25, -0.2) is 4.79 Å². The second-order valence-electron chi connectivity index (χ2n) is 9.03. The van der Waals surface area contributed by atoms with Crippen LogP contribution in [0.2, 0.25) is 0 Å². The molecule has 7 heteroatoms. The highest BCUT2D eigenvalue weighted by molar-refractivity contribution is 5.71. The van der Waals surface area contributed by atoms with E-state index in [0.717, 1.165) is 5.56 Å². The van der Waals surface area contributed by atoms with E-state index in [9.17, 15) is 14.7 Å². The van der Waals surface area contributed by atoms with E-state index in [1.165, 1.54) is 0 Å². The summed E-state index contributed by atoms with van der Waals surface area (Å²) in [5, 5.41) is 13.3. The van der Waals surface area contributed by atoms with Crippen LogP contribution in [-0.4, -0.2) is 46.6 Å². The summed E-state index contributed by atoms with van der Waals surface area (Å²) < 4.78 is 16.4. The molecule has 1 rings (SSSR count). The first-order valence-electron chi connectivity index (χ1n) is 9.82. The molecule has 164 valence electrons. The third-order valence-electron chi connectivity index (χ3n) is 3.76. The summed E-state index contributed by atoms with van der Waals surface area (Å²) in [5.74, 6) is -0.559. The average molecular weight is 410 g/mol. The molecule has 7 nitrogen and oxygen atoms in total. The molecule has 0 unspecified atom stereocenters. The molecular formula is C22H35NO6. The number of amides is 1. The summed E-state index contributed by atoms with van der Waals surface area (Å²) >= 11 is 0. The van der Waals surface area contributed by atoms with Gasteiger partial charge in [-0.1, -0.05) is 30.3 Å². The summed E-state index contributed by atoms with van der Waals surface area (Å²) in [6.45, 7) is 12.5. The number of benzene rings is 1. The Morgan fingerprint density at radius 2 is 1.55 bits per heavy atom. The fourth-order valence-corrected chi connectivity index (χ4v) is 2.56. The molecule has 2 N–H and O–H groups in total. The number of nitrogens with one attached hydrogen (secondary N) is 1. The highest BCUT2D eigenvalue weighted by Gasteiger charge is 2.32. The van der Waals surface area contributed by atoms with Gasteiger partial charge in [0, 0.05) is 0 Å². The van der Waals surface area contributed by atoms with E-state index in [4.69, 9.17) is 14.2 Å². The van der Waals surface area contributed by atoms with E-state index in [0.29, 0.717) is 6.61 Å². The first-order valence-corrected chi connectivity index (χ1v) is 9.82. The lowest BCUT2D eigenvalue weighted by atomic mass is 10.0. The van der Waals surface area contributed by atoms with E-state index in [-0.39, 0.29) is 6.42 Å². The van der Waals surface area contributed by atoms with Crippen LogP contribution in [0.3, 0.4) is 0 Å². The lowest BCUT2D eigenvalue weighted by Gasteiger charge is -2.31. The largest absolute Gasteiger partial charge is 0.460 e. The first-order chi connectivity index (χ1) is 13.3. The van der Waals surface area contributed by atoms with E-state index >= 15 is 0 Å². The van der Waals surface area contributed by atoms with E-state index in [1.807, 2.05) is 30.3 Å². The topological polar surface area (TPSA) is 94.1 Å². The van der Waals surface area contributed by atoms with Crippen LogP contribution in [-0.2, 0) is 25.6 Å². The number of carbonyl (C=O) groups is 2. The van der Waals surface area contributed by atoms with Crippen molar-refractivity contribution in [1.29, 1.82) is 0 Å². The standard InChI is InChI=1S/C22H35NO6/c1-15(27-14-16-11-9-8-10-12-16)19(23-20(26)29-22(5,6)7)17(24)13-18(25)28-21(2,3)4/h8-12,15,17,19,24H,13-14H2,1-7H3,(H,23,26)/t15-,17-,19+/m1/s1. The maximum Gasteiger partial charge on any atom is 0.408 e. The molecule has 3 atom stereocenters. The Labute approximate surface area is 173 Å². The zero-order valence-corrected chi connectivity index (χ0v) is 18.5. The third-order valence-corrected chi connectivity index (χ3v) is 3.76. The predicted octanol–water partition coefficient (Wildman–Crippen LogP) is 3.58. The van der Waals surface area contributed by atoms with Crippen molar-refractivity contribution in [3.8, 4) is 0 Å². The van der Waals surface area contributed by atoms with Crippen molar-refractivity contribution in [2.45, 2.75) is 90.9 Å². The fraction of sp³-hybridized carbons (Fsp3) is 0.636. The van der Waals surface area contributed by atoms with Gasteiger partial charge in [0.25, 0.3) is 0 Å². The average Bonchev–Trinajstić information content (AvgIpc) is 2.55. The highest BCUT2D eigenvalue weighted by atomic mass is 16.6. The second kappa shape index (κ2) is 10.6. The van der Waals surface area contributed by atoms with Crippen molar-refractivity contribution in [3.05, 3.63) is 35.9 Å². The van der Waals surface area contributed by atoms with Crippen LogP contribution < -0.4 is 5.32 Å². The molecule has 0 aliphatic heterocycles. The number of esters is 1. The van der Waals surface area contributed by atoms with Gasteiger partial charge in [0.1, 0.15) is 11.2 Å². The van der Waals surface area contributed by atoms with Crippen LogP contribution in [0.4, 0.5) is 4.79 Å². The molecule has 1 aromatic carbocycles. The van der Waals surface area contributed by atoms with Crippen LogP contribution in [0.15, 0.2) is 30.3 Å². The van der Waals surface area contributed by atoms with Crippen molar-refractivity contribution in [2.75, 3.05) is 0 Å². The number of alkyl carbamates (subject to hydrolysis) is 1. The van der Waals surface area contributed by atoms with Crippen LogP contribution >= 0.6 is 0 Å². The molecule has 0 saturated heterocycles. The van der Waals surface area contributed by atoms with Gasteiger partial charge in [-0.05, 0) is 54.0 Å². The monoisotopic (exact) mass is 409 g/mol. The third kappa shape index (κ3) is 10.9. The molecule has 0 heterocycles. The summed E-state index contributed by atoms with van der Waals surface area (Å²) in [5.41, 5.74) is -0.406. The van der Waals surface area contributed by atoms with E-state index in [1.54, 1.807) is 48.5 Å². The maximum atomic E-state index is 12.3. The van der Waals surface area contributed by atoms with Gasteiger partial charge in [0.05, 0.1) is 31.3 Å². The van der Waals surface area contributed by atoms with Gasteiger partial charge in [-0.2, -0.15) is 0 Å². The molecule has 0 bridgehead atoms. The van der Waals surface area contributed by atoms with Gasteiger partial charge < -0.3 is 24.6 Å². The number of carbonyl (C=O) groups excluding carboxylic acids is 2. The van der Waals surface area contributed by atoms with Crippen molar-refractivity contribution < 1.29 is 28.9 Å². The maximum absolute atomic E-state index is 12.3. The summed E-state index contributed by atoms with van der Waals surface area (Å²) in [7, 11) is 0. The molecule has 0 saturated carbocycles. The molecule has 0 spiro atoms. The van der Waals surface area contributed by atoms with Crippen LogP contribution in [0.5, 0.6) is 0 Å². The molecule has 0 aliphatic carbocycles. The Kier molecular flexibility index (Phi) is 9.11. The number of hydrogen-bond donors (Lipinski definition) is 2. The van der Waals surface area contributed by atoms with Crippen LogP contribution in [0.1, 0.15) is 60.5 Å². The SMILES string of the molecule is C[C@@H](OCc1ccccc1)[C@H](NC(=O)OC(C)(C)C)[C@H](O)CC(=O)OC(C)(C)C. The molecule has 1 amide bonds. The molecule has 29 heavy (non-hydrogen) atoms. The second-order valence-corrected chi connectivity index (χ2v) is 9.03. The molecule has 0 aromatic heterocycles. The normalized spacial score (nSPS) is 15.2. The minimum atomic E-state index is -1.21.